The van der Waals surface area contributed by atoms with Gasteiger partial charge in [-0.05, 0) is 50.2 Å². The highest BCUT2D eigenvalue weighted by Gasteiger charge is 2.29. The van der Waals surface area contributed by atoms with Crippen molar-refractivity contribution in [2.75, 3.05) is 20.8 Å². The molecule has 0 unspecified atom stereocenters. The molecule has 0 amide bonds. The van der Waals surface area contributed by atoms with Gasteiger partial charge < -0.3 is 9.47 Å². The standard InChI is InChI=1S/C22H26N4O2S/c1-16-23-25(22(29)26(16)17-8-5-4-6-9-17)15-24-13-7-10-20(24)19-12-11-18(27-2)14-21(19)28-3/h4-6,8-9,11-12,14,20H,7,10,13,15H2,1-3H3/t20-/m1/s1. The van der Waals surface area contributed by atoms with Gasteiger partial charge in [-0.2, -0.15) is 5.10 Å². The molecule has 1 aliphatic heterocycles. The van der Waals surface area contributed by atoms with Crippen LogP contribution < -0.4 is 9.47 Å². The summed E-state index contributed by atoms with van der Waals surface area (Å²) in [5.74, 6) is 2.55. The molecule has 0 aliphatic carbocycles. The summed E-state index contributed by atoms with van der Waals surface area (Å²) in [6, 6.07) is 16.4. The molecule has 1 aromatic heterocycles. The van der Waals surface area contributed by atoms with E-state index in [1.807, 2.05) is 46.5 Å². The largest absolute Gasteiger partial charge is 0.497 e. The minimum Gasteiger partial charge on any atom is -0.497 e. The number of hydrogen-bond acceptors (Lipinski definition) is 5. The van der Waals surface area contributed by atoms with Crippen LogP contribution in [-0.2, 0) is 6.67 Å². The summed E-state index contributed by atoms with van der Waals surface area (Å²) in [4.78, 5) is 2.42. The highest BCUT2D eigenvalue weighted by Crippen LogP contribution is 2.38. The van der Waals surface area contributed by atoms with Gasteiger partial charge in [0.05, 0.1) is 20.9 Å². The summed E-state index contributed by atoms with van der Waals surface area (Å²) in [5.41, 5.74) is 2.22. The van der Waals surface area contributed by atoms with E-state index in [0.29, 0.717) is 11.4 Å². The third-order valence-electron chi connectivity index (χ3n) is 5.49. The number of hydrogen-bond donors (Lipinski definition) is 0. The molecule has 6 nitrogen and oxygen atoms in total. The molecule has 1 fully saturated rings. The summed E-state index contributed by atoms with van der Waals surface area (Å²) in [7, 11) is 3.38. The molecule has 1 aliphatic rings. The Bertz CT molecular complexity index is 1040. The van der Waals surface area contributed by atoms with Crippen LogP contribution in [0, 0.1) is 11.7 Å². The molecule has 29 heavy (non-hydrogen) atoms. The second kappa shape index (κ2) is 8.39. The topological polar surface area (TPSA) is 44.5 Å². The summed E-state index contributed by atoms with van der Waals surface area (Å²) in [5, 5.41) is 4.73. The molecule has 1 atom stereocenters. The van der Waals surface area contributed by atoms with E-state index in [1.54, 1.807) is 14.2 Å². The van der Waals surface area contributed by atoms with Gasteiger partial charge in [-0.1, -0.05) is 24.3 Å². The van der Waals surface area contributed by atoms with E-state index >= 15 is 0 Å². The van der Waals surface area contributed by atoms with Crippen LogP contribution in [0.3, 0.4) is 0 Å². The van der Waals surface area contributed by atoms with Crippen LogP contribution >= 0.6 is 12.2 Å². The maximum Gasteiger partial charge on any atom is 0.203 e. The number of ether oxygens (including phenoxy) is 2. The second-order valence-electron chi connectivity index (χ2n) is 7.22. The van der Waals surface area contributed by atoms with Crippen molar-refractivity contribution in [1.82, 2.24) is 19.2 Å². The van der Waals surface area contributed by atoms with Gasteiger partial charge >= 0.3 is 0 Å². The average Bonchev–Trinajstić information content (AvgIpc) is 3.32. The van der Waals surface area contributed by atoms with Gasteiger partial charge in [-0.3, -0.25) is 9.47 Å². The highest BCUT2D eigenvalue weighted by atomic mass is 32.1. The average molecular weight is 411 g/mol. The fourth-order valence-corrected chi connectivity index (χ4v) is 4.43. The lowest BCUT2D eigenvalue weighted by molar-refractivity contribution is 0.186. The lowest BCUT2D eigenvalue weighted by atomic mass is 10.0. The van der Waals surface area contributed by atoms with Crippen LogP contribution in [-0.4, -0.2) is 40.0 Å². The third kappa shape index (κ3) is 3.80. The van der Waals surface area contributed by atoms with Crippen LogP contribution in [0.5, 0.6) is 11.5 Å². The highest BCUT2D eigenvalue weighted by molar-refractivity contribution is 7.71. The molecule has 2 heterocycles. The van der Waals surface area contributed by atoms with Gasteiger partial charge in [0.15, 0.2) is 0 Å². The van der Waals surface area contributed by atoms with E-state index in [2.05, 4.69) is 23.1 Å². The lowest BCUT2D eigenvalue weighted by Crippen LogP contribution is -2.27. The molecule has 3 aromatic rings. The van der Waals surface area contributed by atoms with Gasteiger partial charge in [0, 0.05) is 29.9 Å². The van der Waals surface area contributed by atoms with E-state index in [0.717, 1.165) is 42.4 Å². The van der Waals surface area contributed by atoms with Crippen LogP contribution in [0.4, 0.5) is 0 Å². The van der Waals surface area contributed by atoms with Gasteiger partial charge in [0.2, 0.25) is 4.77 Å². The summed E-state index contributed by atoms with van der Waals surface area (Å²) in [6.45, 7) is 3.64. The van der Waals surface area contributed by atoms with E-state index < -0.39 is 0 Å². The maximum absolute atomic E-state index is 5.76. The molecular formula is C22H26N4O2S. The fourth-order valence-electron chi connectivity index (χ4n) is 4.10. The van der Waals surface area contributed by atoms with Crippen LogP contribution in [0.2, 0.25) is 0 Å². The minimum absolute atomic E-state index is 0.264. The smallest absolute Gasteiger partial charge is 0.203 e. The number of methoxy groups -OCH3 is 2. The normalized spacial score (nSPS) is 16.9. The van der Waals surface area contributed by atoms with Crippen molar-refractivity contribution in [2.45, 2.75) is 32.5 Å². The molecular weight excluding hydrogens is 384 g/mol. The second-order valence-corrected chi connectivity index (χ2v) is 7.59. The Balaban J connectivity index is 1.63. The monoisotopic (exact) mass is 410 g/mol. The lowest BCUT2D eigenvalue weighted by Gasteiger charge is -2.26. The van der Waals surface area contributed by atoms with Gasteiger partial charge in [-0.25, -0.2) is 4.68 Å². The zero-order chi connectivity index (χ0) is 20.4. The first-order valence-corrected chi connectivity index (χ1v) is 10.2. The van der Waals surface area contributed by atoms with Gasteiger partial charge in [0.25, 0.3) is 0 Å². The van der Waals surface area contributed by atoms with Crippen molar-refractivity contribution in [3.05, 3.63) is 64.7 Å². The number of benzene rings is 2. The first-order chi connectivity index (χ1) is 14.1. The van der Waals surface area contributed by atoms with Gasteiger partial charge in [0.1, 0.15) is 17.3 Å². The number of para-hydroxylation sites is 1. The SMILES string of the molecule is COc1ccc([C@H]2CCCN2Cn2nc(C)n(-c3ccccc3)c2=S)c(OC)c1. The van der Waals surface area contributed by atoms with E-state index in [-0.39, 0.29) is 6.04 Å². The summed E-state index contributed by atoms with van der Waals surface area (Å²) >= 11 is 5.76. The van der Waals surface area contributed by atoms with Crippen molar-refractivity contribution in [3.8, 4) is 17.2 Å². The Hall–Kier alpha value is -2.64. The fraction of sp³-hybridized carbons (Fsp3) is 0.364. The van der Waals surface area contributed by atoms with Gasteiger partial charge in [-0.15, -0.1) is 0 Å². The molecule has 1 saturated heterocycles. The van der Waals surface area contributed by atoms with Crippen LogP contribution in [0.25, 0.3) is 5.69 Å². The first-order valence-electron chi connectivity index (χ1n) is 9.80. The molecule has 7 heteroatoms. The predicted octanol–water partition coefficient (Wildman–Crippen LogP) is 4.52. The van der Waals surface area contributed by atoms with Crippen molar-refractivity contribution in [1.29, 1.82) is 0 Å². The van der Waals surface area contributed by atoms with Crippen molar-refractivity contribution in [2.24, 2.45) is 0 Å². The van der Waals surface area contributed by atoms with E-state index in [4.69, 9.17) is 26.8 Å². The maximum atomic E-state index is 5.76. The Kier molecular flexibility index (Phi) is 5.69. The number of rotatable bonds is 6. The Labute approximate surface area is 176 Å². The van der Waals surface area contributed by atoms with Crippen LogP contribution in [0.1, 0.15) is 30.3 Å². The Morgan fingerprint density at radius 3 is 2.62 bits per heavy atom. The molecule has 0 saturated carbocycles. The van der Waals surface area contributed by atoms with E-state index in [9.17, 15) is 0 Å². The summed E-state index contributed by atoms with van der Waals surface area (Å²) < 4.78 is 15.7. The molecule has 2 aromatic carbocycles. The zero-order valence-corrected chi connectivity index (χ0v) is 17.9. The molecule has 4 rings (SSSR count). The molecule has 0 N–H and O–H groups in total. The van der Waals surface area contributed by atoms with Crippen molar-refractivity contribution < 1.29 is 9.47 Å². The molecule has 0 spiro atoms. The molecule has 0 bridgehead atoms. The van der Waals surface area contributed by atoms with Crippen molar-refractivity contribution in [3.63, 3.8) is 0 Å². The summed E-state index contributed by atoms with van der Waals surface area (Å²) in [6.07, 6.45) is 2.21. The quantitative estimate of drug-likeness (QED) is 0.559. The number of likely N-dealkylation sites (tertiary alicyclic amines) is 1. The Morgan fingerprint density at radius 1 is 1.10 bits per heavy atom. The third-order valence-corrected chi connectivity index (χ3v) is 5.89. The molecule has 152 valence electrons. The molecule has 0 radical (unpaired) electrons. The van der Waals surface area contributed by atoms with Crippen molar-refractivity contribution >= 4 is 12.2 Å². The predicted molar refractivity (Wildman–Crippen MR) is 115 cm³/mol. The number of aromatic nitrogens is 3. The van der Waals surface area contributed by atoms with E-state index in [1.165, 1.54) is 5.56 Å². The minimum atomic E-state index is 0.264. The Morgan fingerprint density at radius 2 is 1.90 bits per heavy atom. The number of nitrogens with zero attached hydrogens (tertiary/aromatic N) is 4. The number of aryl methyl sites for hydroxylation is 1. The van der Waals surface area contributed by atoms with Crippen LogP contribution in [0.15, 0.2) is 48.5 Å². The zero-order valence-electron chi connectivity index (χ0n) is 17.0. The first kappa shape index (κ1) is 19.7.